The van der Waals surface area contributed by atoms with Crippen LogP contribution < -0.4 is 0 Å². The van der Waals surface area contributed by atoms with E-state index in [0.29, 0.717) is 18.8 Å². The van der Waals surface area contributed by atoms with Crippen molar-refractivity contribution in [3.05, 3.63) is 0 Å². The number of rotatable bonds is 5. The first-order chi connectivity index (χ1) is 9.16. The molecular weight excluding hydrogens is 294 g/mol. The van der Waals surface area contributed by atoms with Crippen molar-refractivity contribution >= 4 is 18.0 Å². The van der Waals surface area contributed by atoms with Gasteiger partial charge in [0.1, 0.15) is 18.1 Å². The molecule has 5 nitrogen and oxygen atoms in total. The molecule has 20 heavy (non-hydrogen) atoms. The van der Waals surface area contributed by atoms with Crippen molar-refractivity contribution in [2.75, 3.05) is 0 Å². The maximum atomic E-state index is 13.2. The van der Waals surface area contributed by atoms with Crippen LogP contribution in [0.1, 0.15) is 46.5 Å². The van der Waals surface area contributed by atoms with Gasteiger partial charge in [0.25, 0.3) is 0 Å². The van der Waals surface area contributed by atoms with E-state index >= 15 is 0 Å². The fourth-order valence-electron chi connectivity index (χ4n) is 2.36. The van der Waals surface area contributed by atoms with Gasteiger partial charge < -0.3 is 4.74 Å². The molecule has 0 saturated heterocycles. The van der Waals surface area contributed by atoms with Gasteiger partial charge in [-0.05, 0) is 37.0 Å². The highest BCUT2D eigenvalue weighted by molar-refractivity contribution is 7.96. The van der Waals surface area contributed by atoms with Crippen LogP contribution in [0.5, 0.6) is 0 Å². The molecule has 1 aliphatic carbocycles. The minimum Gasteiger partial charge on any atom is -0.457 e. The average molecular weight is 314 g/mol. The normalized spacial score (nSPS) is 24.5. The molecule has 0 bridgehead atoms. The monoisotopic (exact) mass is 314 g/mol. The third kappa shape index (κ3) is 5.16. The number of hydrogen-bond donors (Lipinski definition) is 1. The van der Waals surface area contributed by atoms with E-state index in [-0.39, 0.29) is 5.41 Å². The molecule has 0 aromatic rings. The molecular formula is C12H20F2O5S. The molecule has 0 atom stereocenters. The predicted molar refractivity (Wildman–Crippen MR) is 68.6 cm³/mol. The molecule has 0 heterocycles. The minimum absolute atomic E-state index is 0.168. The summed E-state index contributed by atoms with van der Waals surface area (Å²) in [5.74, 6) is -1.18. The molecule has 0 unspecified atom stereocenters. The first-order valence-electron chi connectivity index (χ1n) is 6.41. The lowest BCUT2D eigenvalue weighted by Gasteiger charge is -2.36. The molecule has 0 radical (unpaired) electrons. The molecule has 8 heteroatoms. The molecule has 1 aliphatic rings. The second-order valence-corrected chi connectivity index (χ2v) is 6.80. The molecule has 0 aromatic carbocycles. The van der Waals surface area contributed by atoms with Gasteiger partial charge in [0, 0.05) is 0 Å². The molecule has 1 N–H and O–H groups in total. The SMILES string of the molecule is CC(C)(C)C1CCC(OC(=O)C(F)(F)SOOO)CC1. The van der Waals surface area contributed by atoms with E-state index in [1.807, 2.05) is 0 Å². The van der Waals surface area contributed by atoms with Crippen LogP contribution in [-0.4, -0.2) is 22.6 Å². The lowest BCUT2D eigenvalue weighted by atomic mass is 9.72. The highest BCUT2D eigenvalue weighted by atomic mass is 32.2. The maximum absolute atomic E-state index is 13.2. The Morgan fingerprint density at radius 2 is 1.75 bits per heavy atom. The number of hydrogen-bond acceptors (Lipinski definition) is 6. The maximum Gasteiger partial charge on any atom is 0.415 e. The van der Waals surface area contributed by atoms with E-state index in [0.717, 1.165) is 12.8 Å². The molecule has 1 saturated carbocycles. The van der Waals surface area contributed by atoms with Crippen molar-refractivity contribution in [3.63, 3.8) is 0 Å². The summed E-state index contributed by atoms with van der Waals surface area (Å²) in [7, 11) is 0. The van der Waals surface area contributed by atoms with Gasteiger partial charge in [0.2, 0.25) is 0 Å². The van der Waals surface area contributed by atoms with Gasteiger partial charge in [0.15, 0.2) is 0 Å². The minimum atomic E-state index is -3.91. The Bertz CT molecular complexity index is 324. The number of carbonyl (C=O) groups excluding carboxylic acids is 1. The van der Waals surface area contributed by atoms with Crippen LogP contribution in [0.4, 0.5) is 8.78 Å². The van der Waals surface area contributed by atoms with Crippen molar-refractivity contribution < 1.29 is 32.9 Å². The summed E-state index contributed by atoms with van der Waals surface area (Å²) in [6.07, 6.45) is 2.34. The van der Waals surface area contributed by atoms with Crippen LogP contribution in [0.25, 0.3) is 0 Å². The Morgan fingerprint density at radius 1 is 1.20 bits per heavy atom. The van der Waals surface area contributed by atoms with Crippen LogP contribution in [-0.2, 0) is 18.9 Å². The van der Waals surface area contributed by atoms with Crippen LogP contribution in [0.3, 0.4) is 0 Å². The van der Waals surface area contributed by atoms with Gasteiger partial charge in [-0.15, -0.1) is 4.33 Å². The van der Waals surface area contributed by atoms with Gasteiger partial charge in [-0.1, -0.05) is 25.8 Å². The highest BCUT2D eigenvalue weighted by Crippen LogP contribution is 2.39. The third-order valence-electron chi connectivity index (χ3n) is 3.58. The molecule has 0 amide bonds. The van der Waals surface area contributed by atoms with Crippen LogP contribution in [0, 0.1) is 11.3 Å². The number of ether oxygens (including phenoxy) is 1. The Labute approximate surface area is 121 Å². The van der Waals surface area contributed by atoms with Crippen molar-refractivity contribution in [2.45, 2.75) is 57.8 Å². The van der Waals surface area contributed by atoms with E-state index in [4.69, 9.17) is 9.99 Å². The highest BCUT2D eigenvalue weighted by Gasteiger charge is 2.45. The summed E-state index contributed by atoms with van der Waals surface area (Å²) in [6.45, 7) is 6.42. The van der Waals surface area contributed by atoms with Gasteiger partial charge >= 0.3 is 11.2 Å². The molecule has 118 valence electrons. The number of alkyl halides is 2. The largest absolute Gasteiger partial charge is 0.457 e. The number of esters is 1. The van der Waals surface area contributed by atoms with Crippen LogP contribution in [0.15, 0.2) is 0 Å². The van der Waals surface area contributed by atoms with E-state index in [9.17, 15) is 13.6 Å². The summed E-state index contributed by atoms with van der Waals surface area (Å²) in [6, 6.07) is 0. The summed E-state index contributed by atoms with van der Waals surface area (Å²) in [5, 5.41) is 6.94. The van der Waals surface area contributed by atoms with Crippen molar-refractivity contribution in [2.24, 2.45) is 11.3 Å². The van der Waals surface area contributed by atoms with Crippen LogP contribution in [0.2, 0.25) is 0 Å². The zero-order chi connectivity index (χ0) is 15.4. The standard InChI is InChI=1S/C12H20F2O5S/c1-11(2,3)8-4-6-9(7-5-8)17-10(15)12(13,14)20-19-18-16/h8-9,16H,4-7H2,1-3H3. The van der Waals surface area contributed by atoms with Crippen molar-refractivity contribution in [1.82, 2.24) is 0 Å². The number of carbonyl (C=O) groups is 1. The zero-order valence-electron chi connectivity index (χ0n) is 11.7. The fourth-order valence-corrected chi connectivity index (χ4v) is 2.59. The molecule has 0 spiro atoms. The molecule has 1 fully saturated rings. The van der Waals surface area contributed by atoms with Gasteiger partial charge in [0.05, 0.1) is 0 Å². The van der Waals surface area contributed by atoms with E-state index in [2.05, 4.69) is 30.1 Å². The van der Waals surface area contributed by atoms with Crippen molar-refractivity contribution in [3.8, 4) is 0 Å². The first-order valence-corrected chi connectivity index (χ1v) is 7.16. The number of halogens is 2. The lowest BCUT2D eigenvalue weighted by molar-refractivity contribution is -0.433. The van der Waals surface area contributed by atoms with Gasteiger partial charge in [-0.3, -0.25) is 0 Å². The summed E-state index contributed by atoms with van der Waals surface area (Å²) < 4.78 is 34.8. The predicted octanol–water partition coefficient (Wildman–Crippen LogP) is 3.80. The van der Waals surface area contributed by atoms with Gasteiger partial charge in [-0.2, -0.15) is 8.78 Å². The zero-order valence-corrected chi connectivity index (χ0v) is 12.5. The van der Waals surface area contributed by atoms with E-state index in [1.54, 1.807) is 0 Å². The van der Waals surface area contributed by atoms with Crippen LogP contribution >= 0.6 is 12.0 Å². The van der Waals surface area contributed by atoms with Crippen molar-refractivity contribution in [1.29, 1.82) is 0 Å². The van der Waals surface area contributed by atoms with E-state index in [1.165, 1.54) is 0 Å². The van der Waals surface area contributed by atoms with Gasteiger partial charge in [-0.25, -0.2) is 10.1 Å². The smallest absolute Gasteiger partial charge is 0.415 e. The molecule has 0 aliphatic heterocycles. The Morgan fingerprint density at radius 3 is 2.20 bits per heavy atom. The Hall–Kier alpha value is -0.440. The quantitative estimate of drug-likeness (QED) is 0.360. The topological polar surface area (TPSA) is 65.0 Å². The summed E-state index contributed by atoms with van der Waals surface area (Å²) >= 11 is -0.600. The molecule has 0 aromatic heterocycles. The fraction of sp³-hybridized carbons (Fsp3) is 0.917. The lowest BCUT2D eigenvalue weighted by Crippen LogP contribution is -2.35. The average Bonchev–Trinajstić information content (AvgIpc) is 2.36. The summed E-state index contributed by atoms with van der Waals surface area (Å²) in [5.41, 5.74) is 0.168. The molecule has 1 rings (SSSR count). The Balaban J connectivity index is 2.42. The third-order valence-corrected chi connectivity index (χ3v) is 4.08. The summed E-state index contributed by atoms with van der Waals surface area (Å²) in [4.78, 5) is 11.3. The second-order valence-electron chi connectivity index (χ2n) is 5.99. The second kappa shape index (κ2) is 7.02. The first kappa shape index (κ1) is 17.6. The Kier molecular flexibility index (Phi) is 6.18. The van der Waals surface area contributed by atoms with E-state index < -0.39 is 29.4 Å².